The topological polar surface area (TPSA) is 117 Å². The van der Waals surface area contributed by atoms with E-state index in [0.29, 0.717) is 0 Å². The van der Waals surface area contributed by atoms with Gasteiger partial charge in [0.1, 0.15) is 24.2 Å². The van der Waals surface area contributed by atoms with Crippen LogP contribution in [-0.4, -0.2) is 60.2 Å². The van der Waals surface area contributed by atoms with Gasteiger partial charge in [0.2, 0.25) is 5.91 Å². The molecule has 0 saturated carbocycles. The zero-order valence-electron chi connectivity index (χ0n) is 13.8. The molecule has 1 aliphatic rings. The van der Waals surface area contributed by atoms with Crippen molar-refractivity contribution in [1.82, 2.24) is 5.32 Å². The fraction of sp³-hybridized carbons (Fsp3) is 0.714. The van der Waals surface area contributed by atoms with Crippen LogP contribution in [0.1, 0.15) is 27.7 Å². The van der Waals surface area contributed by atoms with E-state index >= 15 is 0 Å². The lowest BCUT2D eigenvalue weighted by Gasteiger charge is -2.43. The molecular formula is C14H21NO8S. The van der Waals surface area contributed by atoms with Gasteiger partial charge in [-0.2, -0.15) is 0 Å². The first kappa shape index (κ1) is 20.2. The first-order valence-corrected chi connectivity index (χ1v) is 7.72. The van der Waals surface area contributed by atoms with Gasteiger partial charge in [0.15, 0.2) is 12.2 Å². The van der Waals surface area contributed by atoms with Gasteiger partial charge in [-0.05, 0) is 0 Å². The molecule has 9 nitrogen and oxygen atoms in total. The van der Waals surface area contributed by atoms with E-state index in [-0.39, 0.29) is 6.61 Å². The summed E-state index contributed by atoms with van der Waals surface area (Å²) in [5.41, 5.74) is -0.870. The maximum absolute atomic E-state index is 11.4. The quantitative estimate of drug-likeness (QED) is 0.384. The van der Waals surface area contributed by atoms with E-state index in [1.165, 1.54) is 27.7 Å². The number of ether oxygens (including phenoxy) is 4. The predicted octanol–water partition coefficient (Wildman–Crippen LogP) is -0.428. The zero-order valence-corrected chi connectivity index (χ0v) is 14.7. The van der Waals surface area contributed by atoms with Crippen molar-refractivity contribution in [3.8, 4) is 0 Å². The molecule has 3 unspecified atom stereocenters. The molecule has 0 aliphatic carbocycles. The molecule has 1 aliphatic heterocycles. The van der Waals surface area contributed by atoms with Crippen molar-refractivity contribution in [1.29, 1.82) is 0 Å². The van der Waals surface area contributed by atoms with E-state index in [0.717, 1.165) is 0 Å². The molecule has 0 bridgehead atoms. The summed E-state index contributed by atoms with van der Waals surface area (Å²) < 4.78 is 20.9. The maximum Gasteiger partial charge on any atom is 0.303 e. The molecular weight excluding hydrogens is 342 g/mol. The number of thiol groups is 1. The number of nitrogens with one attached hydrogen (secondary N) is 1. The van der Waals surface area contributed by atoms with Crippen molar-refractivity contribution in [2.75, 3.05) is 6.61 Å². The Bertz CT molecular complexity index is 511. The van der Waals surface area contributed by atoms with Gasteiger partial charge in [0.25, 0.3) is 0 Å². The molecule has 1 fully saturated rings. The molecule has 0 aromatic heterocycles. The highest BCUT2D eigenvalue weighted by molar-refractivity contribution is 7.80. The minimum atomic E-state index is -1.08. The highest BCUT2D eigenvalue weighted by atomic mass is 32.1. The van der Waals surface area contributed by atoms with Gasteiger partial charge in [-0.15, -0.1) is 12.6 Å². The van der Waals surface area contributed by atoms with E-state index in [1.54, 1.807) is 0 Å². The van der Waals surface area contributed by atoms with E-state index in [9.17, 15) is 19.2 Å². The van der Waals surface area contributed by atoms with Crippen LogP contribution in [0.15, 0.2) is 0 Å². The predicted molar refractivity (Wildman–Crippen MR) is 83.0 cm³/mol. The lowest BCUT2D eigenvalue weighted by atomic mass is 9.97. The van der Waals surface area contributed by atoms with Crippen LogP contribution in [0.3, 0.4) is 0 Å². The number of rotatable bonds is 5. The third kappa shape index (κ3) is 6.00. The number of carbonyl (C=O) groups excluding carboxylic acids is 4. The number of hydrogen-bond donors (Lipinski definition) is 2. The van der Waals surface area contributed by atoms with Gasteiger partial charge in [0.05, 0.1) is 0 Å². The third-order valence-corrected chi connectivity index (χ3v) is 3.53. The lowest BCUT2D eigenvalue weighted by Crippen LogP contribution is -2.64. The molecule has 1 N–H and O–H groups in total. The second kappa shape index (κ2) is 8.88. The largest absolute Gasteiger partial charge is 0.463 e. The average molecular weight is 363 g/mol. The standard InChI is InChI=1S/C14H21NO8S/c1-6(16)15-11-13(22-9(4)19)12(21-8(3)18)10(23-14(11)24)5-20-7(2)17/h10-14,24H,5H2,1-4H3,(H,15,16)/t10?,11?,12-,13?,14-/m1/s1. The molecule has 10 heteroatoms. The fourth-order valence-electron chi connectivity index (χ4n) is 2.31. The molecule has 1 amide bonds. The van der Waals surface area contributed by atoms with E-state index in [2.05, 4.69) is 17.9 Å². The first-order chi connectivity index (χ1) is 11.1. The smallest absolute Gasteiger partial charge is 0.303 e. The Kier molecular flexibility index (Phi) is 7.49. The summed E-state index contributed by atoms with van der Waals surface area (Å²) in [4.78, 5) is 45.2. The van der Waals surface area contributed by atoms with Crippen LogP contribution >= 0.6 is 12.6 Å². The van der Waals surface area contributed by atoms with Crippen LogP contribution in [0.4, 0.5) is 0 Å². The minimum Gasteiger partial charge on any atom is -0.463 e. The number of esters is 3. The van der Waals surface area contributed by atoms with E-state index in [1.807, 2.05) is 0 Å². The van der Waals surface area contributed by atoms with Crippen molar-refractivity contribution >= 4 is 36.4 Å². The summed E-state index contributed by atoms with van der Waals surface area (Å²) in [6.07, 6.45) is -3.03. The lowest BCUT2D eigenvalue weighted by molar-refractivity contribution is -0.211. The van der Waals surface area contributed by atoms with E-state index < -0.39 is 53.6 Å². The Morgan fingerprint density at radius 2 is 1.50 bits per heavy atom. The fourth-order valence-corrected chi connectivity index (χ4v) is 2.71. The molecule has 1 rings (SSSR count). The number of hydrogen-bond acceptors (Lipinski definition) is 9. The second-order valence-electron chi connectivity index (χ2n) is 5.24. The first-order valence-electron chi connectivity index (χ1n) is 7.20. The normalized spacial score (nSPS) is 29.3. The maximum atomic E-state index is 11.4. The number of amides is 1. The monoisotopic (exact) mass is 363 g/mol. The van der Waals surface area contributed by atoms with Gasteiger partial charge in [-0.3, -0.25) is 19.2 Å². The summed E-state index contributed by atoms with van der Waals surface area (Å²) >= 11 is 4.24. The number of carbonyl (C=O) groups is 4. The highest BCUT2D eigenvalue weighted by Gasteiger charge is 2.49. The van der Waals surface area contributed by atoms with Crippen LogP contribution in [0, 0.1) is 0 Å². The molecule has 136 valence electrons. The SMILES string of the molecule is CC(=O)NC1C(OC(C)=O)[C@H](OC(C)=O)C(COC(C)=O)O[C@@H]1S. The Morgan fingerprint density at radius 3 is 1.96 bits per heavy atom. The Morgan fingerprint density at radius 1 is 0.958 bits per heavy atom. The van der Waals surface area contributed by atoms with Crippen LogP contribution in [0.2, 0.25) is 0 Å². The molecule has 1 saturated heterocycles. The molecule has 0 aromatic carbocycles. The summed E-state index contributed by atoms with van der Waals surface area (Å²) in [6.45, 7) is 4.62. The summed E-state index contributed by atoms with van der Waals surface area (Å²) in [5.74, 6) is -2.24. The van der Waals surface area contributed by atoms with Crippen molar-refractivity contribution in [2.45, 2.75) is 57.5 Å². The Balaban J connectivity index is 3.11. The van der Waals surface area contributed by atoms with Gasteiger partial charge >= 0.3 is 17.9 Å². The zero-order chi connectivity index (χ0) is 18.4. The Labute approximate surface area is 144 Å². The highest BCUT2D eigenvalue weighted by Crippen LogP contribution is 2.28. The van der Waals surface area contributed by atoms with Gasteiger partial charge in [-0.1, -0.05) is 0 Å². The summed E-state index contributed by atoms with van der Waals surface area (Å²) in [7, 11) is 0. The minimum absolute atomic E-state index is 0.227. The molecule has 1 heterocycles. The van der Waals surface area contributed by atoms with Crippen LogP contribution in [0.25, 0.3) is 0 Å². The molecule has 5 atom stereocenters. The van der Waals surface area contributed by atoms with Crippen LogP contribution < -0.4 is 5.32 Å². The molecule has 0 spiro atoms. The van der Waals surface area contributed by atoms with E-state index in [4.69, 9.17) is 18.9 Å². The van der Waals surface area contributed by atoms with Crippen molar-refractivity contribution in [3.63, 3.8) is 0 Å². The summed E-state index contributed by atoms with van der Waals surface area (Å²) in [5, 5.41) is 2.56. The third-order valence-electron chi connectivity index (χ3n) is 3.09. The summed E-state index contributed by atoms with van der Waals surface area (Å²) in [6, 6.07) is -0.854. The van der Waals surface area contributed by atoms with Crippen LogP contribution in [-0.2, 0) is 38.1 Å². The van der Waals surface area contributed by atoms with Gasteiger partial charge in [0, 0.05) is 27.7 Å². The average Bonchev–Trinajstić information content (AvgIpc) is 2.42. The van der Waals surface area contributed by atoms with Crippen molar-refractivity contribution < 1.29 is 38.1 Å². The van der Waals surface area contributed by atoms with Crippen LogP contribution in [0.5, 0.6) is 0 Å². The van der Waals surface area contributed by atoms with Gasteiger partial charge in [-0.25, -0.2) is 0 Å². The van der Waals surface area contributed by atoms with Gasteiger partial charge < -0.3 is 24.3 Å². The molecule has 24 heavy (non-hydrogen) atoms. The molecule has 0 radical (unpaired) electrons. The second-order valence-corrected chi connectivity index (χ2v) is 5.75. The van der Waals surface area contributed by atoms with Crippen molar-refractivity contribution in [3.05, 3.63) is 0 Å². The van der Waals surface area contributed by atoms with Crippen molar-refractivity contribution in [2.24, 2.45) is 0 Å². The molecule has 0 aromatic rings. The Hall–Kier alpha value is -1.81.